The molecule has 5 nitrogen and oxygen atoms in total. The summed E-state index contributed by atoms with van der Waals surface area (Å²) in [5.74, 6) is 0.00384. The Bertz CT molecular complexity index is 561. The lowest BCUT2D eigenvalue weighted by Crippen LogP contribution is -2.48. The van der Waals surface area contributed by atoms with Crippen LogP contribution in [-0.2, 0) is 11.3 Å². The van der Waals surface area contributed by atoms with Gasteiger partial charge in [-0.05, 0) is 39.0 Å². The van der Waals surface area contributed by atoms with E-state index in [1.54, 1.807) is 19.2 Å². The molecular weight excluding hydrogens is 478 g/mol. The summed E-state index contributed by atoms with van der Waals surface area (Å²) in [5.41, 5.74) is 0.228. The maximum Gasteiger partial charge on any atom is 0.239 e. The number of benzene rings is 1. The molecule has 1 rings (SSSR count). The zero-order valence-corrected chi connectivity index (χ0v) is 17.6. The van der Waals surface area contributed by atoms with Crippen molar-refractivity contribution in [2.45, 2.75) is 32.9 Å². The topological polar surface area (TPSA) is 65.5 Å². The first-order valence-corrected chi connectivity index (χ1v) is 7.70. The van der Waals surface area contributed by atoms with Gasteiger partial charge in [0.2, 0.25) is 5.91 Å². The van der Waals surface area contributed by atoms with E-state index in [1.807, 2.05) is 20.8 Å². The van der Waals surface area contributed by atoms with E-state index in [0.29, 0.717) is 11.5 Å². The van der Waals surface area contributed by atoms with E-state index in [4.69, 9.17) is 0 Å². The lowest BCUT2D eigenvalue weighted by atomic mass is 10.1. The number of halogens is 3. The number of aliphatic imine (C=N–C) groups is 1. The Labute approximate surface area is 162 Å². The lowest BCUT2D eigenvalue weighted by molar-refractivity contribution is -0.121. The van der Waals surface area contributed by atoms with Gasteiger partial charge in [0.15, 0.2) is 5.96 Å². The average Bonchev–Trinajstić information content (AvgIpc) is 2.40. The van der Waals surface area contributed by atoms with Crippen LogP contribution in [0.4, 0.5) is 4.39 Å². The Hall–Kier alpha value is -0.900. The summed E-state index contributed by atoms with van der Waals surface area (Å²) >= 11 is 3.30. The third kappa shape index (κ3) is 9.09. The van der Waals surface area contributed by atoms with Crippen molar-refractivity contribution >= 4 is 51.8 Å². The van der Waals surface area contributed by atoms with E-state index >= 15 is 0 Å². The van der Waals surface area contributed by atoms with Gasteiger partial charge in [-0.3, -0.25) is 9.79 Å². The van der Waals surface area contributed by atoms with Gasteiger partial charge in [-0.15, -0.1) is 24.0 Å². The highest BCUT2D eigenvalue weighted by atomic mass is 127. The predicted molar refractivity (Wildman–Crippen MR) is 106 cm³/mol. The lowest BCUT2D eigenvalue weighted by Gasteiger charge is -2.21. The number of nitrogens with one attached hydrogen (secondary N) is 3. The van der Waals surface area contributed by atoms with Gasteiger partial charge in [-0.25, -0.2) is 4.39 Å². The number of guanidine groups is 1. The summed E-state index contributed by atoms with van der Waals surface area (Å²) < 4.78 is 14.4. The number of hydrogen-bond acceptors (Lipinski definition) is 2. The van der Waals surface area contributed by atoms with Gasteiger partial charge in [-0.1, -0.05) is 15.9 Å². The zero-order valence-electron chi connectivity index (χ0n) is 13.7. The third-order valence-electron chi connectivity index (χ3n) is 2.61. The highest BCUT2D eigenvalue weighted by Gasteiger charge is 2.13. The Balaban J connectivity index is 0.00000484. The average molecular weight is 501 g/mol. The van der Waals surface area contributed by atoms with Crippen LogP contribution >= 0.6 is 39.9 Å². The maximum absolute atomic E-state index is 13.6. The molecule has 0 saturated carbocycles. The Morgan fingerprint density at radius 2 is 1.96 bits per heavy atom. The second kappa shape index (κ2) is 10.1. The number of rotatable bonds is 4. The fraction of sp³-hybridized carbons (Fsp3) is 0.467. The number of carbonyl (C=O) groups is 1. The van der Waals surface area contributed by atoms with Crippen LogP contribution in [0.15, 0.2) is 27.7 Å². The van der Waals surface area contributed by atoms with Crippen molar-refractivity contribution in [3.63, 3.8) is 0 Å². The number of nitrogens with zero attached hydrogens (tertiary/aromatic N) is 1. The highest BCUT2D eigenvalue weighted by molar-refractivity contribution is 14.0. The minimum atomic E-state index is -0.295. The molecule has 0 aliphatic heterocycles. The molecule has 3 N–H and O–H groups in total. The minimum Gasteiger partial charge on any atom is -0.352 e. The third-order valence-corrected chi connectivity index (χ3v) is 3.10. The van der Waals surface area contributed by atoms with Crippen molar-refractivity contribution in [3.8, 4) is 0 Å². The molecule has 1 aromatic carbocycles. The van der Waals surface area contributed by atoms with Gasteiger partial charge < -0.3 is 16.0 Å². The Kier molecular flexibility index (Phi) is 9.67. The first-order chi connectivity index (χ1) is 10.2. The molecule has 0 bridgehead atoms. The SMILES string of the molecule is CN=C(NCC(=O)NC(C)(C)C)NCc1cc(Br)ccc1F.I. The van der Waals surface area contributed by atoms with Gasteiger partial charge >= 0.3 is 0 Å². The summed E-state index contributed by atoms with van der Waals surface area (Å²) in [4.78, 5) is 15.7. The van der Waals surface area contributed by atoms with Gasteiger partial charge in [0.1, 0.15) is 5.82 Å². The van der Waals surface area contributed by atoms with E-state index < -0.39 is 0 Å². The fourth-order valence-corrected chi connectivity index (χ4v) is 2.11. The molecule has 1 amide bonds. The maximum atomic E-state index is 13.6. The van der Waals surface area contributed by atoms with Gasteiger partial charge in [0.25, 0.3) is 0 Å². The molecule has 0 spiro atoms. The quantitative estimate of drug-likeness (QED) is 0.338. The van der Waals surface area contributed by atoms with Gasteiger partial charge in [0, 0.05) is 29.2 Å². The molecule has 0 aliphatic rings. The Morgan fingerprint density at radius 1 is 1.30 bits per heavy atom. The smallest absolute Gasteiger partial charge is 0.239 e. The second-order valence-electron chi connectivity index (χ2n) is 5.81. The van der Waals surface area contributed by atoms with Crippen LogP contribution in [0, 0.1) is 5.82 Å². The molecule has 0 atom stereocenters. The molecule has 0 saturated heterocycles. The van der Waals surface area contributed by atoms with E-state index in [9.17, 15) is 9.18 Å². The van der Waals surface area contributed by atoms with Crippen molar-refractivity contribution in [2.75, 3.05) is 13.6 Å². The van der Waals surface area contributed by atoms with Crippen molar-refractivity contribution in [1.82, 2.24) is 16.0 Å². The summed E-state index contributed by atoms with van der Waals surface area (Å²) in [7, 11) is 1.59. The van der Waals surface area contributed by atoms with Crippen molar-refractivity contribution in [2.24, 2.45) is 4.99 Å². The first-order valence-electron chi connectivity index (χ1n) is 6.91. The largest absolute Gasteiger partial charge is 0.352 e. The normalized spacial score (nSPS) is 11.5. The molecule has 0 unspecified atom stereocenters. The molecule has 130 valence electrons. The van der Waals surface area contributed by atoms with E-state index in [0.717, 1.165) is 4.47 Å². The van der Waals surface area contributed by atoms with Crippen LogP contribution in [0.2, 0.25) is 0 Å². The molecule has 0 aromatic heterocycles. The molecule has 0 heterocycles. The summed E-state index contributed by atoms with van der Waals surface area (Å²) in [6, 6.07) is 4.73. The van der Waals surface area contributed by atoms with E-state index in [-0.39, 0.29) is 54.3 Å². The van der Waals surface area contributed by atoms with E-state index in [1.165, 1.54) is 6.07 Å². The summed E-state index contributed by atoms with van der Waals surface area (Å²) in [5, 5.41) is 8.70. The minimum absolute atomic E-state index is 0. The molecule has 23 heavy (non-hydrogen) atoms. The van der Waals surface area contributed by atoms with Crippen LogP contribution < -0.4 is 16.0 Å². The molecule has 1 aromatic rings. The standard InChI is InChI=1S/C15H22BrFN4O.HI/c1-15(2,3)21-13(22)9-20-14(18-4)19-8-10-7-11(16)5-6-12(10)17;/h5-7H,8-9H2,1-4H3,(H,21,22)(H2,18,19,20);1H. The molecule has 0 aliphatic carbocycles. The van der Waals surface area contributed by atoms with Gasteiger partial charge in [-0.2, -0.15) is 0 Å². The number of carbonyl (C=O) groups excluding carboxylic acids is 1. The van der Waals surface area contributed by atoms with Crippen LogP contribution in [-0.4, -0.2) is 31.0 Å². The summed E-state index contributed by atoms with van der Waals surface area (Å²) in [6.45, 7) is 6.10. The summed E-state index contributed by atoms with van der Waals surface area (Å²) in [6.07, 6.45) is 0. The number of hydrogen-bond donors (Lipinski definition) is 3. The van der Waals surface area contributed by atoms with Crippen molar-refractivity contribution in [1.29, 1.82) is 0 Å². The second-order valence-corrected chi connectivity index (χ2v) is 6.73. The van der Waals surface area contributed by atoms with Crippen LogP contribution in [0.3, 0.4) is 0 Å². The highest BCUT2D eigenvalue weighted by Crippen LogP contribution is 2.15. The zero-order chi connectivity index (χ0) is 16.8. The molecule has 0 radical (unpaired) electrons. The first kappa shape index (κ1) is 22.1. The monoisotopic (exact) mass is 500 g/mol. The fourth-order valence-electron chi connectivity index (χ4n) is 1.70. The van der Waals surface area contributed by atoms with Crippen LogP contribution in [0.5, 0.6) is 0 Å². The van der Waals surface area contributed by atoms with E-state index in [2.05, 4.69) is 36.9 Å². The Morgan fingerprint density at radius 3 is 2.52 bits per heavy atom. The van der Waals surface area contributed by atoms with Crippen molar-refractivity contribution < 1.29 is 9.18 Å². The number of amides is 1. The van der Waals surface area contributed by atoms with Gasteiger partial charge in [0.05, 0.1) is 6.54 Å². The molecule has 8 heteroatoms. The van der Waals surface area contributed by atoms with Crippen LogP contribution in [0.1, 0.15) is 26.3 Å². The van der Waals surface area contributed by atoms with Crippen LogP contribution in [0.25, 0.3) is 0 Å². The molecular formula is C15H23BrFIN4O. The predicted octanol–water partition coefficient (Wildman–Crippen LogP) is 2.79. The molecule has 0 fully saturated rings. The van der Waals surface area contributed by atoms with Crippen molar-refractivity contribution in [3.05, 3.63) is 34.1 Å².